The van der Waals surface area contributed by atoms with Crippen molar-refractivity contribution in [3.8, 4) is 11.3 Å². The number of piperidine rings is 1. The third-order valence-electron chi connectivity index (χ3n) is 4.10. The maximum atomic E-state index is 12.0. The second-order valence-electron chi connectivity index (χ2n) is 6.08. The SMILES string of the molecule is O=C(CN1CCC[C@H](O)C1)NCc1ccc(-c2ccc(Cl)cc2)o1. The molecular formula is C18H21ClN2O3. The van der Waals surface area contributed by atoms with Gasteiger partial charge in [-0.1, -0.05) is 11.6 Å². The van der Waals surface area contributed by atoms with Crippen LogP contribution in [-0.2, 0) is 11.3 Å². The lowest BCUT2D eigenvalue weighted by Gasteiger charge is -2.29. The van der Waals surface area contributed by atoms with Crippen LogP contribution in [0, 0.1) is 0 Å². The molecule has 1 fully saturated rings. The molecule has 0 unspecified atom stereocenters. The molecule has 1 aliphatic heterocycles. The molecule has 1 saturated heterocycles. The maximum absolute atomic E-state index is 12.0. The quantitative estimate of drug-likeness (QED) is 0.872. The molecule has 1 aromatic heterocycles. The number of nitrogens with one attached hydrogen (secondary N) is 1. The molecule has 0 radical (unpaired) electrons. The van der Waals surface area contributed by atoms with E-state index in [1.807, 2.05) is 41.3 Å². The Labute approximate surface area is 146 Å². The summed E-state index contributed by atoms with van der Waals surface area (Å²) in [6.07, 6.45) is 1.42. The van der Waals surface area contributed by atoms with Crippen molar-refractivity contribution in [2.24, 2.45) is 0 Å². The smallest absolute Gasteiger partial charge is 0.234 e. The van der Waals surface area contributed by atoms with E-state index in [-0.39, 0.29) is 12.0 Å². The molecule has 2 N–H and O–H groups in total. The molecule has 1 amide bonds. The van der Waals surface area contributed by atoms with Crippen LogP contribution in [0.5, 0.6) is 0 Å². The first kappa shape index (κ1) is 17.0. The van der Waals surface area contributed by atoms with Gasteiger partial charge in [0.25, 0.3) is 0 Å². The van der Waals surface area contributed by atoms with Crippen molar-refractivity contribution >= 4 is 17.5 Å². The van der Waals surface area contributed by atoms with Gasteiger partial charge in [0, 0.05) is 17.1 Å². The lowest BCUT2D eigenvalue weighted by molar-refractivity contribution is -0.123. The van der Waals surface area contributed by atoms with Crippen LogP contribution >= 0.6 is 11.6 Å². The molecule has 3 rings (SSSR count). The van der Waals surface area contributed by atoms with Crippen LogP contribution in [-0.4, -0.2) is 41.7 Å². The lowest BCUT2D eigenvalue weighted by Crippen LogP contribution is -2.44. The van der Waals surface area contributed by atoms with Crippen molar-refractivity contribution in [2.75, 3.05) is 19.6 Å². The van der Waals surface area contributed by atoms with E-state index >= 15 is 0 Å². The number of nitrogens with zero attached hydrogens (tertiary/aromatic N) is 1. The normalized spacial score (nSPS) is 18.5. The molecule has 1 aliphatic rings. The average Bonchev–Trinajstić information content (AvgIpc) is 3.03. The van der Waals surface area contributed by atoms with Crippen LogP contribution in [0.1, 0.15) is 18.6 Å². The zero-order valence-electron chi connectivity index (χ0n) is 13.4. The molecule has 2 heterocycles. The molecule has 0 spiro atoms. The van der Waals surface area contributed by atoms with Gasteiger partial charge >= 0.3 is 0 Å². The Bertz CT molecular complexity index is 684. The van der Waals surface area contributed by atoms with Crippen LogP contribution in [0.3, 0.4) is 0 Å². The van der Waals surface area contributed by atoms with Crippen LogP contribution in [0.2, 0.25) is 5.02 Å². The minimum atomic E-state index is -0.321. The van der Waals surface area contributed by atoms with E-state index in [2.05, 4.69) is 5.32 Å². The van der Waals surface area contributed by atoms with E-state index in [0.29, 0.717) is 30.4 Å². The summed E-state index contributed by atoms with van der Waals surface area (Å²) in [5, 5.41) is 13.2. The highest BCUT2D eigenvalue weighted by Crippen LogP contribution is 2.23. The first-order valence-corrected chi connectivity index (χ1v) is 8.50. The van der Waals surface area contributed by atoms with E-state index in [1.165, 1.54) is 0 Å². The number of carbonyl (C=O) groups is 1. The van der Waals surface area contributed by atoms with Crippen molar-refractivity contribution < 1.29 is 14.3 Å². The Hall–Kier alpha value is -1.82. The van der Waals surface area contributed by atoms with Crippen molar-refractivity contribution in [1.82, 2.24) is 10.2 Å². The molecule has 1 aromatic carbocycles. The van der Waals surface area contributed by atoms with Crippen molar-refractivity contribution in [3.63, 3.8) is 0 Å². The summed E-state index contributed by atoms with van der Waals surface area (Å²) in [5.41, 5.74) is 0.944. The molecule has 1 atom stereocenters. The van der Waals surface area contributed by atoms with Crippen molar-refractivity contribution in [1.29, 1.82) is 0 Å². The Morgan fingerprint density at radius 1 is 1.29 bits per heavy atom. The fourth-order valence-electron chi connectivity index (χ4n) is 2.86. The molecule has 2 aromatic rings. The number of rotatable bonds is 5. The number of halogens is 1. The number of likely N-dealkylation sites (tertiary alicyclic amines) is 1. The molecule has 0 bridgehead atoms. The fourth-order valence-corrected chi connectivity index (χ4v) is 2.99. The summed E-state index contributed by atoms with van der Waals surface area (Å²) in [4.78, 5) is 14.0. The molecule has 6 heteroatoms. The predicted molar refractivity (Wildman–Crippen MR) is 92.7 cm³/mol. The Balaban J connectivity index is 1.50. The summed E-state index contributed by atoms with van der Waals surface area (Å²) in [5.74, 6) is 1.38. The van der Waals surface area contributed by atoms with Gasteiger partial charge in [-0.3, -0.25) is 9.69 Å². The molecule has 0 saturated carbocycles. The van der Waals surface area contributed by atoms with E-state index in [0.717, 1.165) is 30.7 Å². The summed E-state index contributed by atoms with van der Waals surface area (Å²) < 4.78 is 5.76. The van der Waals surface area contributed by atoms with Crippen LogP contribution in [0.25, 0.3) is 11.3 Å². The van der Waals surface area contributed by atoms with Gasteiger partial charge in [-0.15, -0.1) is 0 Å². The minimum absolute atomic E-state index is 0.0615. The Morgan fingerprint density at radius 2 is 2.08 bits per heavy atom. The van der Waals surface area contributed by atoms with Gasteiger partial charge in [0.1, 0.15) is 11.5 Å². The number of aliphatic hydroxyl groups excluding tert-OH is 1. The van der Waals surface area contributed by atoms with Crippen LogP contribution in [0.15, 0.2) is 40.8 Å². The number of hydrogen-bond acceptors (Lipinski definition) is 4. The summed E-state index contributed by atoms with van der Waals surface area (Å²) >= 11 is 5.88. The molecular weight excluding hydrogens is 328 g/mol. The third-order valence-corrected chi connectivity index (χ3v) is 4.35. The summed E-state index contributed by atoms with van der Waals surface area (Å²) in [6, 6.07) is 11.2. The molecule has 5 nitrogen and oxygen atoms in total. The second-order valence-corrected chi connectivity index (χ2v) is 6.52. The van der Waals surface area contributed by atoms with Crippen molar-refractivity contribution in [2.45, 2.75) is 25.5 Å². The van der Waals surface area contributed by atoms with Crippen LogP contribution < -0.4 is 5.32 Å². The number of benzene rings is 1. The van der Waals surface area contributed by atoms with Crippen molar-refractivity contribution in [3.05, 3.63) is 47.2 Å². The van der Waals surface area contributed by atoms with Gasteiger partial charge in [-0.2, -0.15) is 0 Å². The molecule has 24 heavy (non-hydrogen) atoms. The maximum Gasteiger partial charge on any atom is 0.234 e. The highest BCUT2D eigenvalue weighted by molar-refractivity contribution is 6.30. The highest BCUT2D eigenvalue weighted by atomic mass is 35.5. The minimum Gasteiger partial charge on any atom is -0.459 e. The topological polar surface area (TPSA) is 65.7 Å². The highest BCUT2D eigenvalue weighted by Gasteiger charge is 2.19. The lowest BCUT2D eigenvalue weighted by atomic mass is 10.1. The summed E-state index contributed by atoms with van der Waals surface area (Å²) in [7, 11) is 0. The van der Waals surface area contributed by atoms with E-state index in [4.69, 9.17) is 16.0 Å². The number of amides is 1. The number of hydrogen-bond donors (Lipinski definition) is 2. The average molecular weight is 349 g/mol. The van der Waals surface area contributed by atoms with Crippen LogP contribution in [0.4, 0.5) is 0 Å². The second kappa shape index (κ2) is 7.83. The number of furan rings is 1. The zero-order valence-corrected chi connectivity index (χ0v) is 14.1. The Morgan fingerprint density at radius 3 is 2.83 bits per heavy atom. The van der Waals surface area contributed by atoms with Gasteiger partial charge in [-0.25, -0.2) is 0 Å². The molecule has 128 valence electrons. The van der Waals surface area contributed by atoms with E-state index in [9.17, 15) is 9.90 Å². The Kier molecular flexibility index (Phi) is 5.56. The largest absolute Gasteiger partial charge is 0.459 e. The van der Waals surface area contributed by atoms with Gasteiger partial charge in [0.05, 0.1) is 19.2 Å². The van der Waals surface area contributed by atoms with Gasteiger partial charge in [-0.05, 0) is 55.8 Å². The predicted octanol–water partition coefficient (Wildman–Crippen LogP) is 2.67. The van der Waals surface area contributed by atoms with Gasteiger partial charge < -0.3 is 14.8 Å². The number of β-amino-alcohol motifs (C(OH)–C–C–N with tert-alkyl or cyclic N) is 1. The van der Waals surface area contributed by atoms with Gasteiger partial charge in [0.2, 0.25) is 5.91 Å². The third kappa shape index (κ3) is 4.60. The summed E-state index contributed by atoms with van der Waals surface area (Å²) in [6.45, 7) is 2.07. The van der Waals surface area contributed by atoms with E-state index < -0.39 is 0 Å². The number of carbonyl (C=O) groups excluding carboxylic acids is 1. The zero-order chi connectivity index (χ0) is 16.9. The monoisotopic (exact) mass is 348 g/mol. The van der Waals surface area contributed by atoms with E-state index in [1.54, 1.807) is 0 Å². The standard InChI is InChI=1S/C18H21ClN2O3/c19-14-5-3-13(4-6-14)17-8-7-16(24-17)10-20-18(23)12-21-9-1-2-15(22)11-21/h3-8,15,22H,1-2,9-12H2,(H,20,23)/t15-/m0/s1. The fraction of sp³-hybridized carbons (Fsp3) is 0.389. The molecule has 0 aliphatic carbocycles. The first-order chi connectivity index (χ1) is 11.6. The van der Waals surface area contributed by atoms with Gasteiger partial charge in [0.15, 0.2) is 0 Å². The first-order valence-electron chi connectivity index (χ1n) is 8.12. The number of aliphatic hydroxyl groups is 1.